The second-order valence-corrected chi connectivity index (χ2v) is 7.53. The maximum absolute atomic E-state index is 12.2. The summed E-state index contributed by atoms with van der Waals surface area (Å²) in [6.07, 6.45) is 3.83. The van der Waals surface area contributed by atoms with Gasteiger partial charge in [0.05, 0.1) is 6.54 Å². The van der Waals surface area contributed by atoms with Gasteiger partial charge in [0.1, 0.15) is 11.5 Å². The minimum atomic E-state index is -0.184. The van der Waals surface area contributed by atoms with Crippen LogP contribution in [0.1, 0.15) is 28.6 Å². The second kappa shape index (κ2) is 7.53. The summed E-state index contributed by atoms with van der Waals surface area (Å²) >= 11 is 2.05. The number of hydrogen-bond acceptors (Lipinski definition) is 6. The van der Waals surface area contributed by atoms with Crippen LogP contribution in [0.5, 0.6) is 0 Å². The smallest absolute Gasteiger partial charge is 0.270 e. The van der Waals surface area contributed by atoms with E-state index < -0.39 is 0 Å². The molecule has 132 valence electrons. The first kappa shape index (κ1) is 16.5. The third kappa shape index (κ3) is 3.69. The lowest BCUT2D eigenvalue weighted by molar-refractivity contribution is 0.0944. The van der Waals surface area contributed by atoms with Crippen molar-refractivity contribution in [3.63, 3.8) is 0 Å². The lowest BCUT2D eigenvalue weighted by Crippen LogP contribution is -2.37. The van der Waals surface area contributed by atoms with Gasteiger partial charge in [0.15, 0.2) is 5.82 Å². The number of rotatable bonds is 4. The maximum Gasteiger partial charge on any atom is 0.270 e. The monoisotopic (exact) mass is 358 g/mol. The van der Waals surface area contributed by atoms with Gasteiger partial charge in [0.25, 0.3) is 5.91 Å². The Labute approximate surface area is 151 Å². The molecule has 8 heteroatoms. The molecular formula is C17H22N6OS. The molecule has 0 spiro atoms. The molecule has 4 rings (SSSR count). The van der Waals surface area contributed by atoms with E-state index in [0.29, 0.717) is 18.3 Å². The van der Waals surface area contributed by atoms with Crippen molar-refractivity contribution in [3.8, 4) is 0 Å². The van der Waals surface area contributed by atoms with Crippen molar-refractivity contribution in [1.29, 1.82) is 0 Å². The van der Waals surface area contributed by atoms with Gasteiger partial charge in [0.2, 0.25) is 0 Å². The summed E-state index contributed by atoms with van der Waals surface area (Å²) in [6.45, 7) is 3.33. The predicted molar refractivity (Wildman–Crippen MR) is 96.4 cm³/mol. The number of thioether (sulfide) groups is 1. The third-order valence-electron chi connectivity index (χ3n) is 4.86. The molecule has 0 aliphatic carbocycles. The molecule has 0 aromatic carbocycles. The van der Waals surface area contributed by atoms with Gasteiger partial charge in [-0.25, -0.2) is 0 Å². The third-order valence-corrected chi connectivity index (χ3v) is 6.01. The van der Waals surface area contributed by atoms with E-state index in [1.807, 2.05) is 0 Å². The van der Waals surface area contributed by atoms with Crippen LogP contribution in [0.2, 0.25) is 0 Å². The number of carbonyl (C=O) groups excluding carboxylic acids is 1. The summed E-state index contributed by atoms with van der Waals surface area (Å²) in [7, 11) is 0. The summed E-state index contributed by atoms with van der Waals surface area (Å²) < 4.78 is 2.17. The van der Waals surface area contributed by atoms with Crippen LogP contribution in [-0.2, 0) is 19.5 Å². The number of amides is 1. The molecule has 0 bridgehead atoms. The summed E-state index contributed by atoms with van der Waals surface area (Å²) in [6, 6.07) is 6.01. The fraction of sp³-hybridized carbons (Fsp3) is 0.529. The van der Waals surface area contributed by atoms with Crippen LogP contribution in [0, 0.1) is 0 Å². The molecule has 2 aliphatic rings. The van der Waals surface area contributed by atoms with Crippen molar-refractivity contribution >= 4 is 17.7 Å². The molecule has 2 aliphatic heterocycles. The molecule has 2 aromatic heterocycles. The Balaban J connectivity index is 1.39. The Bertz CT molecular complexity index is 728. The van der Waals surface area contributed by atoms with E-state index in [-0.39, 0.29) is 5.91 Å². The van der Waals surface area contributed by atoms with Gasteiger partial charge in [-0.2, -0.15) is 11.8 Å². The Hall–Kier alpha value is -1.93. The highest BCUT2D eigenvalue weighted by molar-refractivity contribution is 7.99. The number of carbonyl (C=O) groups is 1. The number of fused-ring (bicyclic) bond motifs is 1. The van der Waals surface area contributed by atoms with Gasteiger partial charge in [-0.1, -0.05) is 6.07 Å². The van der Waals surface area contributed by atoms with Gasteiger partial charge in [0, 0.05) is 44.0 Å². The molecule has 0 radical (unpaired) electrons. The van der Waals surface area contributed by atoms with Crippen molar-refractivity contribution in [2.24, 2.45) is 0 Å². The molecule has 1 atom stereocenters. The van der Waals surface area contributed by atoms with Gasteiger partial charge in [-0.05, 0) is 24.3 Å². The largest absolute Gasteiger partial charge is 0.343 e. The molecule has 4 heterocycles. The molecule has 1 saturated heterocycles. The van der Waals surface area contributed by atoms with Crippen molar-refractivity contribution in [3.05, 3.63) is 41.7 Å². The quantitative estimate of drug-likeness (QED) is 0.878. The van der Waals surface area contributed by atoms with Crippen LogP contribution in [0.4, 0.5) is 0 Å². The van der Waals surface area contributed by atoms with E-state index in [1.165, 1.54) is 17.9 Å². The number of nitrogens with one attached hydrogen (secondary N) is 1. The fourth-order valence-corrected chi connectivity index (χ4v) is 4.71. The minimum Gasteiger partial charge on any atom is -0.343 e. The van der Waals surface area contributed by atoms with Gasteiger partial charge in [-0.15, -0.1) is 10.2 Å². The van der Waals surface area contributed by atoms with Crippen LogP contribution < -0.4 is 5.32 Å². The van der Waals surface area contributed by atoms with Crippen LogP contribution in [0.3, 0.4) is 0 Å². The van der Waals surface area contributed by atoms with Crippen LogP contribution in [0.25, 0.3) is 0 Å². The fourth-order valence-electron chi connectivity index (χ4n) is 3.45. The number of aromatic nitrogens is 4. The summed E-state index contributed by atoms with van der Waals surface area (Å²) in [5.41, 5.74) is 0.419. The predicted octanol–water partition coefficient (Wildman–Crippen LogP) is 0.967. The standard InChI is InChI=1S/C17H22N6OS/c24-17(14-3-1-2-6-18-14)19-11-16-21-20-15-4-7-22(8-9-23(15)16)13-5-10-25-12-13/h1-3,6,13H,4-5,7-12H2,(H,19,24). The number of nitrogens with zero attached hydrogens (tertiary/aromatic N) is 5. The minimum absolute atomic E-state index is 0.184. The molecule has 7 nitrogen and oxygen atoms in total. The molecule has 1 unspecified atom stereocenters. The van der Waals surface area contributed by atoms with E-state index in [4.69, 9.17) is 0 Å². The Morgan fingerprint density at radius 2 is 2.24 bits per heavy atom. The maximum atomic E-state index is 12.2. The number of hydrogen-bond donors (Lipinski definition) is 1. The van der Waals surface area contributed by atoms with E-state index in [9.17, 15) is 4.79 Å². The van der Waals surface area contributed by atoms with Crippen molar-refractivity contribution in [1.82, 2.24) is 30.0 Å². The highest BCUT2D eigenvalue weighted by atomic mass is 32.2. The topological polar surface area (TPSA) is 75.9 Å². The molecule has 25 heavy (non-hydrogen) atoms. The van der Waals surface area contributed by atoms with Crippen molar-refractivity contribution in [2.75, 3.05) is 24.6 Å². The molecule has 1 amide bonds. The summed E-state index contributed by atoms with van der Waals surface area (Å²) in [5, 5.41) is 11.5. The van der Waals surface area contributed by atoms with Crippen molar-refractivity contribution < 1.29 is 4.79 Å². The van der Waals surface area contributed by atoms with E-state index in [1.54, 1.807) is 24.4 Å². The van der Waals surface area contributed by atoms with Crippen LogP contribution in [-0.4, -0.2) is 61.2 Å². The zero-order valence-corrected chi connectivity index (χ0v) is 14.9. The molecule has 1 fully saturated rings. The van der Waals surface area contributed by atoms with E-state index >= 15 is 0 Å². The molecule has 0 saturated carbocycles. The first-order valence-electron chi connectivity index (χ1n) is 8.73. The van der Waals surface area contributed by atoms with Gasteiger partial charge in [-0.3, -0.25) is 14.7 Å². The van der Waals surface area contributed by atoms with E-state index in [0.717, 1.165) is 37.7 Å². The first-order valence-corrected chi connectivity index (χ1v) is 9.89. The van der Waals surface area contributed by atoms with Crippen molar-refractivity contribution in [2.45, 2.75) is 32.0 Å². The Kier molecular flexibility index (Phi) is 4.98. The van der Waals surface area contributed by atoms with Gasteiger partial charge < -0.3 is 9.88 Å². The van der Waals surface area contributed by atoms with E-state index in [2.05, 4.69) is 41.7 Å². The second-order valence-electron chi connectivity index (χ2n) is 6.39. The van der Waals surface area contributed by atoms with Gasteiger partial charge >= 0.3 is 0 Å². The summed E-state index contributed by atoms with van der Waals surface area (Å²) in [4.78, 5) is 18.8. The highest BCUT2D eigenvalue weighted by Gasteiger charge is 2.26. The Morgan fingerprint density at radius 1 is 1.28 bits per heavy atom. The highest BCUT2D eigenvalue weighted by Crippen LogP contribution is 2.23. The molecular weight excluding hydrogens is 336 g/mol. The number of pyridine rings is 1. The zero-order valence-electron chi connectivity index (χ0n) is 14.1. The summed E-state index contributed by atoms with van der Waals surface area (Å²) in [5.74, 6) is 4.18. The lowest BCUT2D eigenvalue weighted by atomic mass is 10.2. The molecule has 1 N–H and O–H groups in total. The molecule has 2 aromatic rings. The average Bonchev–Trinajstić information content (AvgIpc) is 3.27. The zero-order chi connectivity index (χ0) is 17.1. The van der Waals surface area contributed by atoms with Crippen LogP contribution in [0.15, 0.2) is 24.4 Å². The first-order chi connectivity index (χ1) is 12.3. The SMILES string of the molecule is O=C(NCc1nnc2n1CCN(C1CCSC1)CC2)c1ccccn1. The Morgan fingerprint density at radius 3 is 3.04 bits per heavy atom. The van der Waals surface area contributed by atoms with Crippen LogP contribution >= 0.6 is 11.8 Å². The normalized spacial score (nSPS) is 20.9. The average molecular weight is 358 g/mol. The lowest BCUT2D eigenvalue weighted by Gasteiger charge is -2.26.